The third-order valence-corrected chi connectivity index (χ3v) is 4.89. The molecule has 1 saturated heterocycles. The second-order valence-corrected chi connectivity index (χ2v) is 6.57. The number of piperazine rings is 1. The number of aliphatic hydroxyl groups is 1. The van der Waals surface area contributed by atoms with Crippen LogP contribution in [0, 0.1) is 5.92 Å². The van der Waals surface area contributed by atoms with Crippen molar-refractivity contribution in [2.45, 2.75) is 18.9 Å². The lowest BCUT2D eigenvalue weighted by atomic mass is 10.1. The van der Waals surface area contributed by atoms with Gasteiger partial charge in [-0.2, -0.15) is 0 Å². The van der Waals surface area contributed by atoms with Crippen LogP contribution in [-0.4, -0.2) is 66.4 Å². The van der Waals surface area contributed by atoms with Crippen LogP contribution >= 0.6 is 0 Å². The zero-order valence-electron chi connectivity index (χ0n) is 13.1. The minimum atomic E-state index is -0.203. The molecular weight excluding hydrogens is 296 g/mol. The molecule has 1 atom stereocenters. The summed E-state index contributed by atoms with van der Waals surface area (Å²) in [4.78, 5) is 16.7. The monoisotopic (exact) mass is 318 g/mol. The first-order valence-corrected chi connectivity index (χ1v) is 8.30. The van der Waals surface area contributed by atoms with Crippen molar-refractivity contribution in [1.82, 2.24) is 9.80 Å². The van der Waals surface area contributed by atoms with Gasteiger partial charge in [0.2, 0.25) is 6.79 Å². The van der Waals surface area contributed by atoms with Gasteiger partial charge in [0.1, 0.15) is 0 Å². The molecule has 2 fully saturated rings. The quantitative estimate of drug-likeness (QED) is 0.895. The standard InChI is InChI=1S/C17H22N2O4/c20-14(12-1-2-12)10-18-5-7-19(8-6-18)17(21)13-3-4-15-16(9-13)23-11-22-15/h3-4,9,12,14,20H,1-2,5-8,10-11H2/t14-/m1/s1. The summed E-state index contributed by atoms with van der Waals surface area (Å²) in [6, 6.07) is 5.34. The molecule has 0 radical (unpaired) electrons. The first kappa shape index (κ1) is 14.8. The first-order valence-electron chi connectivity index (χ1n) is 8.30. The van der Waals surface area contributed by atoms with Crippen molar-refractivity contribution < 1.29 is 19.4 Å². The maximum Gasteiger partial charge on any atom is 0.254 e. The fourth-order valence-electron chi connectivity index (χ4n) is 3.24. The van der Waals surface area contributed by atoms with Gasteiger partial charge in [-0.1, -0.05) is 0 Å². The maximum absolute atomic E-state index is 12.6. The smallest absolute Gasteiger partial charge is 0.254 e. The molecule has 4 rings (SSSR count). The molecule has 1 aromatic carbocycles. The van der Waals surface area contributed by atoms with Crippen LogP contribution in [0.25, 0.3) is 0 Å². The Morgan fingerprint density at radius 3 is 2.65 bits per heavy atom. The van der Waals surface area contributed by atoms with E-state index in [2.05, 4.69) is 4.90 Å². The number of β-amino-alcohol motifs (C(OH)–C–C–N with tert-alkyl or cyclic N) is 1. The number of fused-ring (bicyclic) bond motifs is 1. The molecule has 6 heteroatoms. The highest BCUT2D eigenvalue weighted by Crippen LogP contribution is 2.34. The highest BCUT2D eigenvalue weighted by Gasteiger charge is 2.32. The van der Waals surface area contributed by atoms with Gasteiger partial charge in [-0.3, -0.25) is 9.69 Å². The summed E-state index contributed by atoms with van der Waals surface area (Å²) in [6.07, 6.45) is 2.11. The van der Waals surface area contributed by atoms with Crippen LogP contribution in [0.3, 0.4) is 0 Å². The van der Waals surface area contributed by atoms with E-state index < -0.39 is 0 Å². The molecule has 1 amide bonds. The van der Waals surface area contributed by atoms with Crippen LogP contribution in [0.1, 0.15) is 23.2 Å². The molecule has 0 spiro atoms. The summed E-state index contributed by atoms with van der Waals surface area (Å²) in [5.74, 6) is 1.87. The number of aliphatic hydroxyl groups excluding tert-OH is 1. The Morgan fingerprint density at radius 2 is 1.91 bits per heavy atom. The van der Waals surface area contributed by atoms with Crippen LogP contribution in [0.15, 0.2) is 18.2 Å². The Hall–Kier alpha value is -1.79. The Kier molecular flexibility index (Phi) is 3.87. The maximum atomic E-state index is 12.6. The van der Waals surface area contributed by atoms with Crippen LogP contribution in [0.2, 0.25) is 0 Å². The number of hydrogen-bond donors (Lipinski definition) is 1. The minimum absolute atomic E-state index is 0.0330. The van der Waals surface area contributed by atoms with E-state index in [0.717, 1.165) is 32.5 Å². The van der Waals surface area contributed by atoms with Gasteiger partial charge in [-0.15, -0.1) is 0 Å². The number of hydrogen-bond acceptors (Lipinski definition) is 5. The molecule has 0 unspecified atom stereocenters. The van der Waals surface area contributed by atoms with E-state index in [1.165, 1.54) is 0 Å². The third kappa shape index (κ3) is 3.14. The lowest BCUT2D eigenvalue weighted by Gasteiger charge is -2.35. The number of benzene rings is 1. The van der Waals surface area contributed by atoms with Crippen molar-refractivity contribution in [2.24, 2.45) is 5.92 Å². The van der Waals surface area contributed by atoms with Crippen LogP contribution in [-0.2, 0) is 0 Å². The van der Waals surface area contributed by atoms with Crippen molar-refractivity contribution >= 4 is 5.91 Å². The van der Waals surface area contributed by atoms with Crippen molar-refractivity contribution in [3.8, 4) is 11.5 Å². The summed E-state index contributed by atoms with van der Waals surface area (Å²) in [5.41, 5.74) is 0.640. The lowest BCUT2D eigenvalue weighted by molar-refractivity contribution is 0.0488. The molecule has 1 aromatic rings. The number of carbonyl (C=O) groups excluding carboxylic acids is 1. The normalized spacial score (nSPS) is 22.2. The van der Waals surface area contributed by atoms with Gasteiger partial charge in [-0.25, -0.2) is 0 Å². The lowest BCUT2D eigenvalue weighted by Crippen LogP contribution is -2.50. The highest BCUT2D eigenvalue weighted by atomic mass is 16.7. The van der Waals surface area contributed by atoms with Crippen LogP contribution in [0.5, 0.6) is 11.5 Å². The van der Waals surface area contributed by atoms with Gasteiger partial charge in [0.25, 0.3) is 5.91 Å². The number of ether oxygens (including phenoxy) is 2. The predicted octanol–water partition coefficient (Wildman–Crippen LogP) is 0.944. The van der Waals surface area contributed by atoms with E-state index in [1.54, 1.807) is 18.2 Å². The molecule has 2 heterocycles. The summed E-state index contributed by atoms with van der Waals surface area (Å²) in [5, 5.41) is 10.0. The van der Waals surface area contributed by atoms with Crippen molar-refractivity contribution in [1.29, 1.82) is 0 Å². The number of rotatable bonds is 4. The van der Waals surface area contributed by atoms with E-state index in [-0.39, 0.29) is 18.8 Å². The van der Waals surface area contributed by atoms with Gasteiger partial charge >= 0.3 is 0 Å². The Balaban J connectivity index is 1.33. The number of nitrogens with zero attached hydrogens (tertiary/aromatic N) is 2. The summed E-state index contributed by atoms with van der Waals surface area (Å²) >= 11 is 0. The van der Waals surface area contributed by atoms with Gasteiger partial charge in [-0.05, 0) is 37.0 Å². The average molecular weight is 318 g/mol. The van der Waals surface area contributed by atoms with E-state index >= 15 is 0 Å². The topological polar surface area (TPSA) is 62.2 Å². The number of carbonyl (C=O) groups is 1. The third-order valence-electron chi connectivity index (χ3n) is 4.89. The summed E-state index contributed by atoms with van der Waals surface area (Å²) in [6.45, 7) is 3.99. The van der Waals surface area contributed by atoms with E-state index in [4.69, 9.17) is 9.47 Å². The van der Waals surface area contributed by atoms with Gasteiger partial charge in [0, 0.05) is 38.3 Å². The molecule has 3 aliphatic rings. The van der Waals surface area contributed by atoms with Crippen molar-refractivity contribution in [3.63, 3.8) is 0 Å². The predicted molar refractivity (Wildman–Crippen MR) is 83.6 cm³/mol. The SMILES string of the molecule is O=C(c1ccc2c(c1)OCO2)N1CCN(C[C@@H](O)C2CC2)CC1. The molecule has 6 nitrogen and oxygen atoms in total. The molecule has 1 N–H and O–H groups in total. The van der Waals surface area contributed by atoms with Crippen molar-refractivity contribution in [3.05, 3.63) is 23.8 Å². The fourth-order valence-corrected chi connectivity index (χ4v) is 3.24. The molecule has 0 bridgehead atoms. The average Bonchev–Trinajstić information content (AvgIpc) is 3.32. The Morgan fingerprint density at radius 1 is 1.17 bits per heavy atom. The van der Waals surface area contributed by atoms with E-state index in [0.29, 0.717) is 36.1 Å². The highest BCUT2D eigenvalue weighted by molar-refractivity contribution is 5.95. The molecule has 1 saturated carbocycles. The second-order valence-electron chi connectivity index (χ2n) is 6.57. The molecular formula is C17H22N2O4. The zero-order chi connectivity index (χ0) is 15.8. The zero-order valence-corrected chi connectivity index (χ0v) is 13.1. The molecule has 1 aliphatic carbocycles. The van der Waals surface area contributed by atoms with Gasteiger partial charge < -0.3 is 19.5 Å². The molecule has 23 heavy (non-hydrogen) atoms. The van der Waals surface area contributed by atoms with E-state index in [9.17, 15) is 9.90 Å². The molecule has 124 valence electrons. The second kappa shape index (κ2) is 6.02. The first-order chi connectivity index (χ1) is 11.2. The summed E-state index contributed by atoms with van der Waals surface area (Å²) < 4.78 is 10.6. The molecule has 2 aliphatic heterocycles. The Labute approximate surface area is 135 Å². The van der Waals surface area contributed by atoms with Crippen LogP contribution < -0.4 is 9.47 Å². The van der Waals surface area contributed by atoms with Gasteiger partial charge in [0.15, 0.2) is 11.5 Å². The minimum Gasteiger partial charge on any atom is -0.454 e. The Bertz CT molecular complexity index is 594. The van der Waals surface area contributed by atoms with Gasteiger partial charge in [0.05, 0.1) is 6.10 Å². The van der Waals surface area contributed by atoms with Crippen LogP contribution in [0.4, 0.5) is 0 Å². The van der Waals surface area contributed by atoms with Crippen molar-refractivity contribution in [2.75, 3.05) is 39.5 Å². The fraction of sp³-hybridized carbons (Fsp3) is 0.588. The molecule has 0 aromatic heterocycles. The largest absolute Gasteiger partial charge is 0.454 e. The summed E-state index contributed by atoms with van der Waals surface area (Å²) in [7, 11) is 0. The van der Waals surface area contributed by atoms with E-state index in [1.807, 2.05) is 4.90 Å². The number of amides is 1.